The summed E-state index contributed by atoms with van der Waals surface area (Å²) in [6.07, 6.45) is 5.61. The molecule has 1 N–H and O–H groups in total. The third kappa shape index (κ3) is 2.54. The van der Waals surface area contributed by atoms with Gasteiger partial charge in [0.1, 0.15) is 0 Å². The van der Waals surface area contributed by atoms with Crippen molar-refractivity contribution in [3.63, 3.8) is 0 Å². The van der Waals surface area contributed by atoms with Crippen LogP contribution in [0.25, 0.3) is 0 Å². The van der Waals surface area contributed by atoms with E-state index in [1.807, 2.05) is 0 Å². The van der Waals surface area contributed by atoms with E-state index in [-0.39, 0.29) is 0 Å². The number of piperidine rings is 1. The van der Waals surface area contributed by atoms with E-state index in [1.54, 1.807) is 0 Å². The molecule has 2 aliphatic rings. The van der Waals surface area contributed by atoms with Crippen LogP contribution in [0.4, 0.5) is 0 Å². The number of nitrogens with zero attached hydrogens (tertiary/aromatic N) is 1. The van der Waals surface area contributed by atoms with Crippen LogP contribution in [-0.2, 0) is 0 Å². The van der Waals surface area contributed by atoms with Gasteiger partial charge in [-0.15, -0.1) is 0 Å². The predicted octanol–water partition coefficient (Wildman–Crippen LogP) is 2.11. The second-order valence-electron chi connectivity index (χ2n) is 5.86. The fourth-order valence-electron chi connectivity index (χ4n) is 2.90. The highest BCUT2D eigenvalue weighted by Crippen LogP contribution is 2.52. The summed E-state index contributed by atoms with van der Waals surface area (Å²) in [6.45, 7) is 8.77. The summed E-state index contributed by atoms with van der Waals surface area (Å²) in [5, 5.41) is 3.40. The topological polar surface area (TPSA) is 15.3 Å². The molecule has 0 aromatic carbocycles. The molecule has 0 unspecified atom stereocenters. The van der Waals surface area contributed by atoms with Crippen molar-refractivity contribution >= 4 is 0 Å². The van der Waals surface area contributed by atoms with Crippen LogP contribution in [0.1, 0.15) is 39.5 Å². The molecule has 15 heavy (non-hydrogen) atoms. The number of rotatable bonds is 4. The van der Waals surface area contributed by atoms with E-state index < -0.39 is 0 Å². The lowest BCUT2D eigenvalue weighted by molar-refractivity contribution is 0.146. The second kappa shape index (κ2) is 4.42. The Balaban J connectivity index is 1.77. The zero-order chi connectivity index (χ0) is 10.9. The van der Waals surface area contributed by atoms with Crippen LogP contribution >= 0.6 is 0 Å². The Hall–Kier alpha value is -0.0800. The van der Waals surface area contributed by atoms with Gasteiger partial charge in [-0.1, -0.05) is 13.8 Å². The van der Waals surface area contributed by atoms with Crippen LogP contribution in [0, 0.1) is 11.3 Å². The molecule has 1 aliphatic heterocycles. The molecule has 1 heterocycles. The highest BCUT2D eigenvalue weighted by Gasteiger charge is 2.46. The van der Waals surface area contributed by atoms with Gasteiger partial charge in [0.2, 0.25) is 0 Å². The molecule has 2 rings (SSSR count). The van der Waals surface area contributed by atoms with Crippen LogP contribution in [-0.4, -0.2) is 37.6 Å². The fourth-order valence-corrected chi connectivity index (χ4v) is 2.90. The lowest BCUT2D eigenvalue weighted by Gasteiger charge is -2.35. The minimum absolute atomic E-state index is 0.701. The van der Waals surface area contributed by atoms with E-state index in [1.165, 1.54) is 45.3 Å². The first-order valence-corrected chi connectivity index (χ1v) is 6.56. The zero-order valence-corrected chi connectivity index (χ0v) is 10.6. The number of hydrogen-bond donors (Lipinski definition) is 1. The molecule has 88 valence electrons. The van der Waals surface area contributed by atoms with Gasteiger partial charge in [0.15, 0.2) is 0 Å². The number of nitrogens with one attached hydrogen (secondary N) is 1. The monoisotopic (exact) mass is 210 g/mol. The van der Waals surface area contributed by atoms with Gasteiger partial charge in [-0.25, -0.2) is 0 Å². The van der Waals surface area contributed by atoms with Crippen molar-refractivity contribution in [2.24, 2.45) is 11.3 Å². The third-order valence-electron chi connectivity index (χ3n) is 4.65. The van der Waals surface area contributed by atoms with Gasteiger partial charge in [0, 0.05) is 12.6 Å². The molecule has 0 atom stereocenters. The Kier molecular flexibility index (Phi) is 3.36. The van der Waals surface area contributed by atoms with Crippen molar-refractivity contribution in [2.45, 2.75) is 45.6 Å². The highest BCUT2D eigenvalue weighted by molar-refractivity contribution is 4.98. The first-order valence-electron chi connectivity index (χ1n) is 6.56. The maximum absolute atomic E-state index is 3.40. The molecule has 0 amide bonds. The lowest BCUT2D eigenvalue weighted by atomic mass is 9.91. The molecule has 0 radical (unpaired) electrons. The summed E-state index contributed by atoms with van der Waals surface area (Å²) in [5.74, 6) is 0.875. The van der Waals surface area contributed by atoms with Crippen LogP contribution in [0.2, 0.25) is 0 Å². The summed E-state index contributed by atoms with van der Waals surface area (Å²) >= 11 is 0. The van der Waals surface area contributed by atoms with Gasteiger partial charge in [-0.05, 0) is 57.2 Å². The molecule has 2 nitrogen and oxygen atoms in total. The first kappa shape index (κ1) is 11.4. The standard InChI is InChI=1S/C13H26N2/c1-11(2)13(6-7-13)10-15-8-4-12(14-3)5-9-15/h11-12,14H,4-10H2,1-3H3. The normalized spacial score (nSPS) is 27.2. The van der Waals surface area contributed by atoms with Crippen molar-refractivity contribution in [3.8, 4) is 0 Å². The van der Waals surface area contributed by atoms with Crippen LogP contribution in [0.5, 0.6) is 0 Å². The van der Waals surface area contributed by atoms with Crippen molar-refractivity contribution < 1.29 is 0 Å². The third-order valence-corrected chi connectivity index (χ3v) is 4.65. The Bertz CT molecular complexity index is 201. The molecule has 2 heteroatoms. The number of likely N-dealkylation sites (tertiary alicyclic amines) is 1. The summed E-state index contributed by atoms with van der Waals surface area (Å²) in [4.78, 5) is 2.70. The molecule has 2 fully saturated rings. The molecule has 1 saturated heterocycles. The van der Waals surface area contributed by atoms with Gasteiger partial charge in [-0.3, -0.25) is 0 Å². The highest BCUT2D eigenvalue weighted by atomic mass is 15.2. The van der Waals surface area contributed by atoms with Gasteiger partial charge < -0.3 is 10.2 Å². The summed E-state index contributed by atoms with van der Waals surface area (Å²) in [7, 11) is 2.09. The predicted molar refractivity (Wildman–Crippen MR) is 65.0 cm³/mol. The number of hydrogen-bond acceptors (Lipinski definition) is 2. The van der Waals surface area contributed by atoms with E-state index in [0.717, 1.165) is 12.0 Å². The van der Waals surface area contributed by atoms with Crippen LogP contribution in [0.15, 0.2) is 0 Å². The molecule has 0 bridgehead atoms. The average Bonchev–Trinajstić information content (AvgIpc) is 3.00. The Morgan fingerprint density at radius 3 is 2.27 bits per heavy atom. The van der Waals surface area contributed by atoms with Crippen LogP contribution in [0.3, 0.4) is 0 Å². The smallest absolute Gasteiger partial charge is 0.00884 e. The Morgan fingerprint density at radius 1 is 1.27 bits per heavy atom. The molecule has 0 aromatic heterocycles. The lowest BCUT2D eigenvalue weighted by Crippen LogP contribution is -2.44. The van der Waals surface area contributed by atoms with E-state index in [0.29, 0.717) is 5.41 Å². The van der Waals surface area contributed by atoms with Crippen molar-refractivity contribution in [1.82, 2.24) is 10.2 Å². The first-order chi connectivity index (χ1) is 7.16. The van der Waals surface area contributed by atoms with Gasteiger partial charge in [0.05, 0.1) is 0 Å². The Morgan fingerprint density at radius 2 is 1.87 bits per heavy atom. The molecule has 0 spiro atoms. The van der Waals surface area contributed by atoms with Crippen molar-refractivity contribution in [2.75, 3.05) is 26.7 Å². The summed E-state index contributed by atoms with van der Waals surface area (Å²) < 4.78 is 0. The average molecular weight is 210 g/mol. The van der Waals surface area contributed by atoms with E-state index in [2.05, 4.69) is 31.1 Å². The molecule has 1 aliphatic carbocycles. The SMILES string of the molecule is CNC1CCN(CC2(C(C)C)CC2)CC1. The van der Waals surface area contributed by atoms with Crippen LogP contribution < -0.4 is 5.32 Å². The zero-order valence-electron chi connectivity index (χ0n) is 10.6. The second-order valence-corrected chi connectivity index (χ2v) is 5.86. The van der Waals surface area contributed by atoms with Gasteiger partial charge in [-0.2, -0.15) is 0 Å². The molecule has 0 aromatic rings. The molecule has 1 saturated carbocycles. The van der Waals surface area contributed by atoms with Gasteiger partial charge >= 0.3 is 0 Å². The summed E-state index contributed by atoms with van der Waals surface area (Å²) in [6, 6.07) is 0.774. The maximum atomic E-state index is 3.40. The summed E-state index contributed by atoms with van der Waals surface area (Å²) in [5.41, 5.74) is 0.701. The van der Waals surface area contributed by atoms with E-state index in [9.17, 15) is 0 Å². The van der Waals surface area contributed by atoms with E-state index >= 15 is 0 Å². The molecular weight excluding hydrogens is 184 g/mol. The van der Waals surface area contributed by atoms with E-state index in [4.69, 9.17) is 0 Å². The largest absolute Gasteiger partial charge is 0.317 e. The maximum Gasteiger partial charge on any atom is 0.00884 e. The fraction of sp³-hybridized carbons (Fsp3) is 1.00. The van der Waals surface area contributed by atoms with Crippen molar-refractivity contribution in [1.29, 1.82) is 0 Å². The quantitative estimate of drug-likeness (QED) is 0.764. The minimum Gasteiger partial charge on any atom is -0.317 e. The van der Waals surface area contributed by atoms with Gasteiger partial charge in [0.25, 0.3) is 0 Å². The minimum atomic E-state index is 0.701. The molecular formula is C13H26N2. The Labute approximate surface area is 94.4 Å². The van der Waals surface area contributed by atoms with Crippen molar-refractivity contribution in [3.05, 3.63) is 0 Å².